The number of nitro benzene ring substituents is 1. The molecule has 0 fully saturated rings. The van der Waals surface area contributed by atoms with Crippen molar-refractivity contribution in [2.45, 2.75) is 24.4 Å². The zero-order chi connectivity index (χ0) is 24.9. The van der Waals surface area contributed by atoms with Crippen LogP contribution in [0.4, 0.5) is 11.5 Å². The normalized spacial score (nSPS) is 12.3. The predicted octanol–water partition coefficient (Wildman–Crippen LogP) is 0.849. The molecule has 34 heavy (non-hydrogen) atoms. The van der Waals surface area contributed by atoms with E-state index in [9.17, 15) is 33.4 Å². The van der Waals surface area contributed by atoms with Gasteiger partial charge in [0.15, 0.2) is 11.2 Å². The number of carbonyl (C=O) groups is 1. The standard InChI is InChI=1S/C17H17N7O9S/c1-12(25)32-9-14(10-33-34(30,31)16-5-3-2-4-15(16)23(26)27)22-8-13(19-20-22)7-21-11-18-6-17(21)24(28)29/h2-6,8,11,14H,7,9-10H2,1H3. The molecule has 0 spiro atoms. The number of aromatic nitrogens is 5. The van der Waals surface area contributed by atoms with E-state index in [0.29, 0.717) is 0 Å². The summed E-state index contributed by atoms with van der Waals surface area (Å²) < 4.78 is 37.5. The van der Waals surface area contributed by atoms with Crippen LogP contribution in [0, 0.1) is 20.2 Å². The number of esters is 1. The maximum Gasteiger partial charge on any atom is 0.342 e. The number of ether oxygens (including phenoxy) is 1. The van der Waals surface area contributed by atoms with Gasteiger partial charge in [-0.2, -0.15) is 8.42 Å². The van der Waals surface area contributed by atoms with E-state index in [4.69, 9.17) is 8.92 Å². The van der Waals surface area contributed by atoms with Gasteiger partial charge < -0.3 is 14.9 Å². The minimum absolute atomic E-state index is 0.0635. The van der Waals surface area contributed by atoms with Crippen LogP contribution >= 0.6 is 0 Å². The second kappa shape index (κ2) is 10.1. The van der Waals surface area contributed by atoms with Gasteiger partial charge >= 0.3 is 21.9 Å². The summed E-state index contributed by atoms with van der Waals surface area (Å²) in [6.07, 6.45) is 3.66. The van der Waals surface area contributed by atoms with E-state index in [-0.39, 0.29) is 24.7 Å². The van der Waals surface area contributed by atoms with Gasteiger partial charge in [0, 0.05) is 13.0 Å². The zero-order valence-electron chi connectivity index (χ0n) is 17.5. The Bertz CT molecular complexity index is 1320. The van der Waals surface area contributed by atoms with E-state index in [1.54, 1.807) is 0 Å². The Kier molecular flexibility index (Phi) is 7.27. The molecule has 3 aromatic rings. The SMILES string of the molecule is CC(=O)OCC(COS(=O)(=O)c1ccccc1[N+](=O)[O-])n1cc(Cn2cncc2[N+](=O)[O-])nn1. The Morgan fingerprint density at radius 1 is 1.18 bits per heavy atom. The molecule has 0 bridgehead atoms. The van der Waals surface area contributed by atoms with Gasteiger partial charge in [-0.3, -0.25) is 19.1 Å². The molecular formula is C17H17N7O9S. The maximum atomic E-state index is 12.6. The quantitative estimate of drug-likeness (QED) is 0.157. The fraction of sp³-hybridized carbons (Fsp3) is 0.294. The minimum Gasteiger partial charge on any atom is -0.463 e. The van der Waals surface area contributed by atoms with E-state index in [1.165, 1.54) is 29.2 Å². The molecule has 1 unspecified atom stereocenters. The van der Waals surface area contributed by atoms with Crippen LogP contribution in [0.5, 0.6) is 0 Å². The smallest absolute Gasteiger partial charge is 0.342 e. The molecule has 0 saturated heterocycles. The molecule has 0 aliphatic carbocycles. The number of hydrogen-bond donors (Lipinski definition) is 0. The molecule has 17 heteroatoms. The van der Waals surface area contributed by atoms with Gasteiger partial charge in [-0.05, 0) is 11.0 Å². The molecule has 0 saturated carbocycles. The fourth-order valence-electron chi connectivity index (χ4n) is 2.79. The van der Waals surface area contributed by atoms with E-state index in [0.717, 1.165) is 29.9 Å². The summed E-state index contributed by atoms with van der Waals surface area (Å²) in [6, 6.07) is 3.67. The first-order valence-electron chi connectivity index (χ1n) is 9.40. The molecule has 1 aromatic carbocycles. The van der Waals surface area contributed by atoms with Crippen molar-refractivity contribution < 1.29 is 32.0 Å². The first-order chi connectivity index (χ1) is 16.1. The zero-order valence-corrected chi connectivity index (χ0v) is 18.3. The minimum atomic E-state index is -4.56. The largest absolute Gasteiger partial charge is 0.463 e. The highest BCUT2D eigenvalue weighted by Crippen LogP contribution is 2.25. The lowest BCUT2D eigenvalue weighted by Gasteiger charge is -2.16. The highest BCUT2D eigenvalue weighted by atomic mass is 32.2. The summed E-state index contributed by atoms with van der Waals surface area (Å²) in [5.74, 6) is -0.925. The number of benzene rings is 1. The monoisotopic (exact) mass is 495 g/mol. The van der Waals surface area contributed by atoms with Gasteiger partial charge in [-0.1, -0.05) is 17.3 Å². The van der Waals surface area contributed by atoms with Crippen LogP contribution in [0.1, 0.15) is 18.7 Å². The number of hydrogen-bond acceptors (Lipinski definition) is 12. The molecular weight excluding hydrogens is 478 g/mol. The number of para-hydroxylation sites is 1. The van der Waals surface area contributed by atoms with E-state index < -0.39 is 49.2 Å². The molecule has 0 aliphatic heterocycles. The van der Waals surface area contributed by atoms with Crippen LogP contribution < -0.4 is 0 Å². The third-order valence-electron chi connectivity index (χ3n) is 4.37. The molecule has 3 rings (SSSR count). The first kappa shape index (κ1) is 24.4. The number of imidazole rings is 1. The van der Waals surface area contributed by atoms with Gasteiger partial charge in [0.2, 0.25) is 0 Å². The molecule has 0 radical (unpaired) electrons. The lowest BCUT2D eigenvalue weighted by atomic mass is 10.3. The average molecular weight is 495 g/mol. The van der Waals surface area contributed by atoms with Crippen LogP contribution in [0.15, 0.2) is 47.9 Å². The third kappa shape index (κ3) is 5.75. The molecule has 2 heterocycles. The van der Waals surface area contributed by atoms with Crippen molar-refractivity contribution in [2.24, 2.45) is 0 Å². The Hall–Kier alpha value is -4.25. The second-order valence-electron chi connectivity index (χ2n) is 6.75. The number of rotatable bonds is 11. The molecule has 1 atom stereocenters. The van der Waals surface area contributed by atoms with Crippen LogP contribution in [0.25, 0.3) is 0 Å². The maximum absolute atomic E-state index is 12.6. The van der Waals surface area contributed by atoms with Gasteiger partial charge in [-0.15, -0.1) is 5.10 Å². The van der Waals surface area contributed by atoms with Crippen molar-refractivity contribution in [2.75, 3.05) is 13.2 Å². The van der Waals surface area contributed by atoms with Gasteiger partial charge in [-0.25, -0.2) is 14.2 Å². The predicted molar refractivity (Wildman–Crippen MR) is 110 cm³/mol. The van der Waals surface area contributed by atoms with Crippen molar-refractivity contribution in [3.63, 3.8) is 0 Å². The lowest BCUT2D eigenvalue weighted by molar-refractivity contribution is -0.392. The van der Waals surface area contributed by atoms with E-state index >= 15 is 0 Å². The number of nitro groups is 2. The number of carbonyl (C=O) groups excluding carboxylic acids is 1. The Morgan fingerprint density at radius 2 is 1.91 bits per heavy atom. The summed E-state index contributed by atoms with van der Waals surface area (Å²) in [7, 11) is -4.56. The summed E-state index contributed by atoms with van der Waals surface area (Å²) in [5.41, 5.74) is -0.403. The molecule has 0 N–H and O–H groups in total. The molecule has 0 amide bonds. The molecule has 180 valence electrons. The third-order valence-corrected chi connectivity index (χ3v) is 5.70. The topological polar surface area (TPSA) is 204 Å². The summed E-state index contributed by atoms with van der Waals surface area (Å²) in [6.45, 7) is 0.129. The summed E-state index contributed by atoms with van der Waals surface area (Å²) in [5, 5.41) is 29.9. The molecule has 2 aromatic heterocycles. The van der Waals surface area contributed by atoms with Gasteiger partial charge in [0.1, 0.15) is 31.1 Å². The Morgan fingerprint density at radius 3 is 2.59 bits per heavy atom. The van der Waals surface area contributed by atoms with Gasteiger partial charge in [0.25, 0.3) is 5.69 Å². The van der Waals surface area contributed by atoms with Crippen LogP contribution in [-0.2, 0) is 30.4 Å². The van der Waals surface area contributed by atoms with Crippen molar-refractivity contribution in [3.8, 4) is 0 Å². The van der Waals surface area contributed by atoms with Crippen molar-refractivity contribution in [1.82, 2.24) is 24.5 Å². The summed E-state index contributed by atoms with van der Waals surface area (Å²) >= 11 is 0. The van der Waals surface area contributed by atoms with Crippen molar-refractivity contribution in [1.29, 1.82) is 0 Å². The van der Waals surface area contributed by atoms with Crippen LogP contribution in [-0.4, -0.2) is 62.0 Å². The first-order valence-corrected chi connectivity index (χ1v) is 10.8. The molecule has 16 nitrogen and oxygen atoms in total. The van der Waals surface area contributed by atoms with Crippen LogP contribution in [0.2, 0.25) is 0 Å². The van der Waals surface area contributed by atoms with Gasteiger partial charge in [0.05, 0.1) is 17.7 Å². The Balaban J connectivity index is 1.80. The summed E-state index contributed by atoms with van der Waals surface area (Å²) in [4.78, 5) is 35.1. The Labute approximate surface area is 191 Å². The van der Waals surface area contributed by atoms with E-state index in [2.05, 4.69) is 15.3 Å². The lowest BCUT2D eigenvalue weighted by Crippen LogP contribution is -2.24. The average Bonchev–Trinajstić information content (AvgIpc) is 3.43. The second-order valence-corrected chi connectivity index (χ2v) is 8.33. The molecule has 0 aliphatic rings. The fourth-order valence-corrected chi connectivity index (χ4v) is 3.90. The van der Waals surface area contributed by atoms with Crippen molar-refractivity contribution >= 4 is 27.6 Å². The highest BCUT2D eigenvalue weighted by molar-refractivity contribution is 7.87. The van der Waals surface area contributed by atoms with Crippen molar-refractivity contribution in [3.05, 3.63) is 68.9 Å². The van der Waals surface area contributed by atoms with Crippen LogP contribution in [0.3, 0.4) is 0 Å². The number of nitrogens with zero attached hydrogens (tertiary/aromatic N) is 7. The van der Waals surface area contributed by atoms with E-state index in [1.807, 2.05) is 0 Å². The highest BCUT2D eigenvalue weighted by Gasteiger charge is 2.28.